The number of hydrogen-bond donors (Lipinski definition) is 2. The van der Waals surface area contributed by atoms with E-state index >= 15 is 0 Å². The van der Waals surface area contributed by atoms with Gasteiger partial charge in [-0.3, -0.25) is 14.8 Å². The van der Waals surface area contributed by atoms with Gasteiger partial charge in [0.05, 0.1) is 19.0 Å². The molecule has 4 rings (SSSR count). The first-order valence-electron chi connectivity index (χ1n) is 9.96. The zero-order valence-corrected chi connectivity index (χ0v) is 18.0. The summed E-state index contributed by atoms with van der Waals surface area (Å²) in [6.45, 7) is 3.82. The van der Waals surface area contributed by atoms with Crippen molar-refractivity contribution in [3.8, 4) is 17.0 Å². The predicted molar refractivity (Wildman–Crippen MR) is 123 cm³/mol. The molecule has 0 saturated heterocycles. The fourth-order valence-electron chi connectivity index (χ4n) is 3.10. The molecular weight excluding hydrogens is 404 g/mol. The van der Waals surface area contributed by atoms with E-state index in [-0.39, 0.29) is 5.91 Å². The molecule has 2 N–H and O–H groups in total. The number of aryl methyl sites for hydroxylation is 2. The Morgan fingerprint density at radius 2 is 1.81 bits per heavy atom. The molecule has 0 saturated carbocycles. The number of carbonyl (C=O) groups is 1. The number of carbonyl (C=O) groups excluding carboxylic acids is 1. The molecule has 3 aromatic heterocycles. The van der Waals surface area contributed by atoms with Crippen LogP contribution in [-0.2, 0) is 0 Å². The van der Waals surface area contributed by atoms with Crippen molar-refractivity contribution in [1.29, 1.82) is 0 Å². The second-order valence-electron chi connectivity index (χ2n) is 7.17. The summed E-state index contributed by atoms with van der Waals surface area (Å²) in [4.78, 5) is 29.9. The van der Waals surface area contributed by atoms with Gasteiger partial charge in [0, 0.05) is 46.8 Å². The summed E-state index contributed by atoms with van der Waals surface area (Å²) in [5.41, 5.74) is 5.25. The first-order valence-corrected chi connectivity index (χ1v) is 9.96. The number of nitrogens with zero attached hydrogens (tertiary/aromatic N) is 4. The van der Waals surface area contributed by atoms with Gasteiger partial charge in [0.2, 0.25) is 5.95 Å². The highest BCUT2D eigenvalue weighted by Crippen LogP contribution is 2.24. The molecule has 4 aromatic rings. The monoisotopic (exact) mass is 426 g/mol. The molecule has 32 heavy (non-hydrogen) atoms. The summed E-state index contributed by atoms with van der Waals surface area (Å²) in [5.74, 6) is 0.848. The van der Waals surface area contributed by atoms with E-state index in [2.05, 4.69) is 30.6 Å². The highest BCUT2D eigenvalue weighted by Gasteiger charge is 2.11. The predicted octanol–water partition coefficient (Wildman–Crippen LogP) is 4.55. The molecule has 0 radical (unpaired) electrons. The molecule has 0 bridgehead atoms. The van der Waals surface area contributed by atoms with Crippen LogP contribution in [-0.4, -0.2) is 33.0 Å². The maximum atomic E-state index is 12.7. The molecule has 0 aliphatic rings. The molecule has 8 heteroatoms. The van der Waals surface area contributed by atoms with Crippen molar-refractivity contribution in [2.75, 3.05) is 17.7 Å². The molecule has 0 aliphatic carbocycles. The third-order valence-electron chi connectivity index (χ3n) is 4.80. The highest BCUT2D eigenvalue weighted by molar-refractivity contribution is 6.05. The van der Waals surface area contributed by atoms with Crippen LogP contribution in [0.15, 0.2) is 67.3 Å². The Kier molecular flexibility index (Phi) is 6.03. The number of hydrogen-bond acceptors (Lipinski definition) is 7. The van der Waals surface area contributed by atoms with Crippen LogP contribution in [0.4, 0.5) is 17.3 Å². The quantitative estimate of drug-likeness (QED) is 0.466. The van der Waals surface area contributed by atoms with Crippen molar-refractivity contribution in [2.45, 2.75) is 13.8 Å². The Bertz CT molecular complexity index is 1270. The fourth-order valence-corrected chi connectivity index (χ4v) is 3.10. The first-order chi connectivity index (χ1) is 15.5. The molecule has 0 fully saturated rings. The summed E-state index contributed by atoms with van der Waals surface area (Å²) < 4.78 is 5.24. The number of aromatic nitrogens is 4. The van der Waals surface area contributed by atoms with Crippen molar-refractivity contribution in [2.24, 2.45) is 0 Å². The second kappa shape index (κ2) is 9.22. The fraction of sp³-hybridized carbons (Fsp3) is 0.125. The van der Waals surface area contributed by atoms with E-state index in [4.69, 9.17) is 4.74 Å². The number of amides is 1. The smallest absolute Gasteiger partial charge is 0.255 e. The number of benzene rings is 1. The lowest BCUT2D eigenvalue weighted by molar-refractivity contribution is 0.102. The number of methoxy groups -OCH3 is 1. The lowest BCUT2D eigenvalue weighted by Gasteiger charge is -2.12. The summed E-state index contributed by atoms with van der Waals surface area (Å²) in [6, 6.07) is 12.7. The number of ether oxygens (including phenoxy) is 1. The maximum absolute atomic E-state index is 12.7. The molecule has 1 amide bonds. The molecule has 0 aliphatic heterocycles. The van der Waals surface area contributed by atoms with Crippen LogP contribution in [0.3, 0.4) is 0 Å². The van der Waals surface area contributed by atoms with Gasteiger partial charge in [0.1, 0.15) is 5.75 Å². The second-order valence-corrected chi connectivity index (χ2v) is 7.17. The minimum atomic E-state index is -0.212. The number of rotatable bonds is 6. The van der Waals surface area contributed by atoms with Crippen molar-refractivity contribution >= 4 is 23.2 Å². The van der Waals surface area contributed by atoms with Crippen molar-refractivity contribution in [3.63, 3.8) is 0 Å². The third kappa shape index (κ3) is 4.86. The first kappa shape index (κ1) is 20.9. The minimum absolute atomic E-state index is 0.212. The zero-order valence-electron chi connectivity index (χ0n) is 18.0. The lowest BCUT2D eigenvalue weighted by Crippen LogP contribution is -2.12. The Morgan fingerprint density at radius 3 is 2.62 bits per heavy atom. The summed E-state index contributed by atoms with van der Waals surface area (Å²) in [7, 11) is 1.59. The van der Waals surface area contributed by atoms with E-state index in [1.165, 1.54) is 0 Å². The van der Waals surface area contributed by atoms with E-state index in [1.54, 1.807) is 56.2 Å². The number of pyridine rings is 2. The Morgan fingerprint density at radius 1 is 0.969 bits per heavy atom. The Labute approximate surface area is 185 Å². The summed E-state index contributed by atoms with van der Waals surface area (Å²) in [5, 5.41) is 6.11. The molecule has 8 nitrogen and oxygen atoms in total. The molecular formula is C24H22N6O2. The van der Waals surface area contributed by atoms with Crippen molar-refractivity contribution in [1.82, 2.24) is 19.9 Å². The van der Waals surface area contributed by atoms with Gasteiger partial charge in [-0.25, -0.2) is 9.97 Å². The van der Waals surface area contributed by atoms with E-state index in [0.29, 0.717) is 28.6 Å². The van der Waals surface area contributed by atoms with Crippen LogP contribution in [0.2, 0.25) is 0 Å². The molecule has 0 atom stereocenters. The van der Waals surface area contributed by atoms with Crippen LogP contribution >= 0.6 is 0 Å². The van der Waals surface area contributed by atoms with Gasteiger partial charge in [0.15, 0.2) is 0 Å². The molecule has 0 spiro atoms. The number of nitrogens with one attached hydrogen (secondary N) is 2. The lowest BCUT2D eigenvalue weighted by atomic mass is 10.1. The van der Waals surface area contributed by atoms with Gasteiger partial charge >= 0.3 is 0 Å². The van der Waals surface area contributed by atoms with E-state index < -0.39 is 0 Å². The normalized spacial score (nSPS) is 10.5. The average molecular weight is 426 g/mol. The van der Waals surface area contributed by atoms with Crippen molar-refractivity contribution in [3.05, 3.63) is 84.1 Å². The van der Waals surface area contributed by atoms with E-state index in [1.807, 2.05) is 32.0 Å². The Hall–Kier alpha value is -4.33. The SMILES string of the molecule is COc1cncc(-c2ccnc(Nc3cc(C(=O)Nc4ccnc(C)c4)ccc3C)n2)c1. The van der Waals surface area contributed by atoms with Crippen LogP contribution < -0.4 is 15.4 Å². The summed E-state index contributed by atoms with van der Waals surface area (Å²) in [6.07, 6.45) is 6.68. The largest absolute Gasteiger partial charge is 0.495 e. The van der Waals surface area contributed by atoms with Gasteiger partial charge in [0.25, 0.3) is 5.91 Å². The van der Waals surface area contributed by atoms with Gasteiger partial charge in [-0.15, -0.1) is 0 Å². The average Bonchev–Trinajstić information content (AvgIpc) is 2.81. The summed E-state index contributed by atoms with van der Waals surface area (Å²) >= 11 is 0. The van der Waals surface area contributed by atoms with Gasteiger partial charge in [-0.05, 0) is 55.8 Å². The Balaban J connectivity index is 1.56. The molecule has 1 aromatic carbocycles. The molecule has 0 unspecified atom stereocenters. The van der Waals surface area contributed by atoms with Gasteiger partial charge in [-0.2, -0.15) is 0 Å². The minimum Gasteiger partial charge on any atom is -0.495 e. The topological polar surface area (TPSA) is 102 Å². The van der Waals surface area contributed by atoms with Gasteiger partial charge in [-0.1, -0.05) is 6.07 Å². The highest BCUT2D eigenvalue weighted by atomic mass is 16.5. The van der Waals surface area contributed by atoms with Crippen LogP contribution in [0.25, 0.3) is 11.3 Å². The van der Waals surface area contributed by atoms with Crippen LogP contribution in [0.5, 0.6) is 5.75 Å². The zero-order chi connectivity index (χ0) is 22.5. The van der Waals surface area contributed by atoms with Gasteiger partial charge < -0.3 is 15.4 Å². The standard InChI is InChI=1S/C24H22N6O2/c1-15-4-5-17(23(31)28-19-6-8-26-16(2)10-19)12-22(15)30-24-27-9-7-21(29-24)18-11-20(32-3)14-25-13-18/h4-14H,1-3H3,(H,26,28,31)(H,27,29,30). The van der Waals surface area contributed by atoms with E-state index in [0.717, 1.165) is 22.5 Å². The van der Waals surface area contributed by atoms with Crippen molar-refractivity contribution < 1.29 is 9.53 Å². The van der Waals surface area contributed by atoms with E-state index in [9.17, 15) is 4.79 Å². The maximum Gasteiger partial charge on any atom is 0.255 e. The molecule has 3 heterocycles. The third-order valence-corrected chi connectivity index (χ3v) is 4.80. The van der Waals surface area contributed by atoms with Crippen LogP contribution in [0.1, 0.15) is 21.6 Å². The van der Waals surface area contributed by atoms with Crippen LogP contribution in [0, 0.1) is 13.8 Å². The molecule has 160 valence electrons. The number of anilines is 3.